The van der Waals surface area contributed by atoms with Crippen molar-refractivity contribution in [1.82, 2.24) is 29.5 Å². The lowest BCUT2D eigenvalue weighted by atomic mass is 10.4. The number of nitrogens with zero attached hydrogens (tertiary/aromatic N) is 6. The van der Waals surface area contributed by atoms with E-state index in [4.69, 9.17) is 4.52 Å². The summed E-state index contributed by atoms with van der Waals surface area (Å²) in [6.07, 6.45) is 5.36. The molecule has 0 aromatic carbocycles. The lowest BCUT2D eigenvalue weighted by Crippen LogP contribution is -1.96. The molecular formula is C10H9BrN6O. The van der Waals surface area contributed by atoms with E-state index in [0.29, 0.717) is 24.0 Å². The summed E-state index contributed by atoms with van der Waals surface area (Å²) in [5, 5.41) is 8.11. The topological polar surface area (TPSA) is 74.6 Å². The fourth-order valence-electron chi connectivity index (χ4n) is 1.53. The molecule has 3 aromatic rings. The van der Waals surface area contributed by atoms with Crippen LogP contribution >= 0.6 is 15.9 Å². The van der Waals surface area contributed by atoms with Crippen LogP contribution in [0.3, 0.4) is 0 Å². The van der Waals surface area contributed by atoms with Gasteiger partial charge in [-0.1, -0.05) is 5.16 Å². The van der Waals surface area contributed by atoms with Crippen LogP contribution in [0, 0.1) is 0 Å². The van der Waals surface area contributed by atoms with E-state index in [2.05, 4.69) is 36.2 Å². The minimum absolute atomic E-state index is 0.485. The highest BCUT2D eigenvalue weighted by Crippen LogP contribution is 2.13. The first-order chi connectivity index (χ1) is 8.70. The normalized spacial score (nSPS) is 11.0. The Balaban J connectivity index is 1.81. The molecule has 0 N–H and O–H groups in total. The van der Waals surface area contributed by atoms with Gasteiger partial charge in [0.1, 0.15) is 16.8 Å². The average molecular weight is 309 g/mol. The Kier molecular flexibility index (Phi) is 2.71. The second-order valence-corrected chi connectivity index (χ2v) is 4.57. The maximum absolute atomic E-state index is 5.17. The Morgan fingerprint density at radius 3 is 3.00 bits per heavy atom. The van der Waals surface area contributed by atoms with Crippen LogP contribution in [0.1, 0.15) is 5.89 Å². The number of imidazole rings is 1. The van der Waals surface area contributed by atoms with E-state index in [1.54, 1.807) is 11.0 Å². The molecule has 0 fully saturated rings. The zero-order valence-corrected chi connectivity index (χ0v) is 11.1. The lowest BCUT2D eigenvalue weighted by molar-refractivity contribution is 0.371. The molecule has 0 bridgehead atoms. The summed E-state index contributed by atoms with van der Waals surface area (Å²) in [4.78, 5) is 8.34. The van der Waals surface area contributed by atoms with E-state index in [1.165, 1.54) is 0 Å². The highest BCUT2D eigenvalue weighted by atomic mass is 79.9. The number of halogens is 1. The van der Waals surface area contributed by atoms with Crippen molar-refractivity contribution in [2.75, 3.05) is 0 Å². The van der Waals surface area contributed by atoms with Crippen LogP contribution < -0.4 is 0 Å². The van der Waals surface area contributed by atoms with Crippen molar-refractivity contribution in [3.05, 3.63) is 35.3 Å². The summed E-state index contributed by atoms with van der Waals surface area (Å²) in [6, 6.07) is 1.84. The molecule has 0 saturated heterocycles. The fraction of sp³-hybridized carbons (Fsp3) is 0.200. The smallest absolute Gasteiger partial charge is 0.246 e. The molecule has 3 heterocycles. The molecular weight excluding hydrogens is 300 g/mol. The van der Waals surface area contributed by atoms with E-state index in [0.717, 1.165) is 4.60 Å². The zero-order valence-electron chi connectivity index (χ0n) is 9.49. The highest BCUT2D eigenvalue weighted by Gasteiger charge is 2.11. The Hall–Kier alpha value is -1.96. The molecule has 92 valence electrons. The van der Waals surface area contributed by atoms with Gasteiger partial charge in [-0.3, -0.25) is 4.68 Å². The molecule has 0 radical (unpaired) electrons. The number of aryl methyl sites for hydroxylation is 1. The van der Waals surface area contributed by atoms with Crippen LogP contribution in [-0.2, 0) is 13.6 Å². The molecule has 0 atom stereocenters. The first kappa shape index (κ1) is 11.1. The van der Waals surface area contributed by atoms with Gasteiger partial charge >= 0.3 is 0 Å². The van der Waals surface area contributed by atoms with Crippen molar-refractivity contribution in [3.8, 4) is 11.5 Å². The quantitative estimate of drug-likeness (QED) is 0.732. The highest BCUT2D eigenvalue weighted by molar-refractivity contribution is 9.10. The molecule has 0 aliphatic heterocycles. The third kappa shape index (κ3) is 2.19. The molecule has 3 aromatic heterocycles. The van der Waals surface area contributed by atoms with E-state index < -0.39 is 0 Å². The van der Waals surface area contributed by atoms with Gasteiger partial charge in [0.2, 0.25) is 11.7 Å². The van der Waals surface area contributed by atoms with E-state index >= 15 is 0 Å². The predicted molar refractivity (Wildman–Crippen MR) is 65.5 cm³/mol. The minimum atomic E-state index is 0.485. The van der Waals surface area contributed by atoms with Crippen LogP contribution in [0.4, 0.5) is 0 Å². The average Bonchev–Trinajstić information content (AvgIpc) is 3.01. The summed E-state index contributed by atoms with van der Waals surface area (Å²) < 4.78 is 9.48. The molecule has 0 spiro atoms. The molecule has 0 amide bonds. The van der Waals surface area contributed by atoms with Crippen LogP contribution in [0.25, 0.3) is 11.5 Å². The van der Waals surface area contributed by atoms with Gasteiger partial charge in [0.05, 0.1) is 6.33 Å². The summed E-state index contributed by atoms with van der Waals surface area (Å²) in [5.74, 6) is 1.00. The second-order valence-electron chi connectivity index (χ2n) is 3.76. The lowest BCUT2D eigenvalue weighted by Gasteiger charge is -1.93. The van der Waals surface area contributed by atoms with Crippen molar-refractivity contribution >= 4 is 15.9 Å². The van der Waals surface area contributed by atoms with Gasteiger partial charge in [0, 0.05) is 19.4 Å². The maximum atomic E-state index is 5.17. The largest absolute Gasteiger partial charge is 0.337 e. The van der Waals surface area contributed by atoms with Crippen LogP contribution in [0.5, 0.6) is 0 Å². The Bertz CT molecular complexity index is 669. The third-order valence-corrected chi connectivity index (χ3v) is 2.74. The fourth-order valence-corrected chi connectivity index (χ4v) is 1.89. The van der Waals surface area contributed by atoms with E-state index in [-0.39, 0.29) is 0 Å². The van der Waals surface area contributed by atoms with Gasteiger partial charge in [-0.2, -0.15) is 10.1 Å². The molecule has 18 heavy (non-hydrogen) atoms. The van der Waals surface area contributed by atoms with Crippen molar-refractivity contribution in [2.24, 2.45) is 7.05 Å². The van der Waals surface area contributed by atoms with Gasteiger partial charge < -0.3 is 9.09 Å². The summed E-state index contributed by atoms with van der Waals surface area (Å²) in [6.45, 7) is 0.485. The third-order valence-electron chi connectivity index (χ3n) is 2.33. The van der Waals surface area contributed by atoms with Crippen molar-refractivity contribution in [2.45, 2.75) is 6.54 Å². The first-order valence-electron chi connectivity index (χ1n) is 5.20. The molecule has 0 aliphatic rings. The molecule has 0 unspecified atom stereocenters. The van der Waals surface area contributed by atoms with Crippen LogP contribution in [0.15, 0.2) is 33.9 Å². The zero-order chi connectivity index (χ0) is 12.5. The van der Waals surface area contributed by atoms with Gasteiger partial charge in [-0.15, -0.1) is 0 Å². The Morgan fingerprint density at radius 2 is 2.33 bits per heavy atom. The predicted octanol–water partition coefficient (Wildman–Crippen LogP) is 1.48. The van der Waals surface area contributed by atoms with Gasteiger partial charge in [0.15, 0.2) is 0 Å². The first-order valence-corrected chi connectivity index (χ1v) is 6.00. The number of aromatic nitrogens is 6. The number of hydrogen-bond acceptors (Lipinski definition) is 5. The maximum Gasteiger partial charge on any atom is 0.246 e. The number of rotatable bonds is 3. The summed E-state index contributed by atoms with van der Waals surface area (Å²) in [7, 11) is 1.84. The standard InChI is InChI=1S/C10H9BrN6O/c1-16-3-2-7(14-16)10-13-9(18-15-10)5-17-4-8(11)12-6-17/h2-4,6H,5H2,1H3. The Morgan fingerprint density at radius 1 is 1.44 bits per heavy atom. The minimum Gasteiger partial charge on any atom is -0.337 e. The van der Waals surface area contributed by atoms with Crippen LogP contribution in [0.2, 0.25) is 0 Å². The summed E-state index contributed by atoms with van der Waals surface area (Å²) >= 11 is 3.28. The van der Waals surface area contributed by atoms with Crippen LogP contribution in [-0.4, -0.2) is 29.5 Å². The monoisotopic (exact) mass is 308 g/mol. The van der Waals surface area contributed by atoms with Gasteiger partial charge in [0.25, 0.3) is 0 Å². The van der Waals surface area contributed by atoms with E-state index in [9.17, 15) is 0 Å². The molecule has 0 aliphatic carbocycles. The second kappa shape index (κ2) is 4.37. The van der Waals surface area contributed by atoms with E-state index in [1.807, 2.05) is 30.1 Å². The van der Waals surface area contributed by atoms with Crippen molar-refractivity contribution in [3.63, 3.8) is 0 Å². The molecule has 8 heteroatoms. The van der Waals surface area contributed by atoms with Crippen molar-refractivity contribution in [1.29, 1.82) is 0 Å². The Labute approximate surface area is 111 Å². The SMILES string of the molecule is Cn1ccc(-c2noc(Cn3cnc(Br)c3)n2)n1. The molecule has 7 nitrogen and oxygen atoms in total. The summed E-state index contributed by atoms with van der Waals surface area (Å²) in [5.41, 5.74) is 0.694. The van der Waals surface area contributed by atoms with Gasteiger partial charge in [-0.25, -0.2) is 4.98 Å². The van der Waals surface area contributed by atoms with Gasteiger partial charge in [-0.05, 0) is 22.0 Å². The molecule has 3 rings (SSSR count). The number of hydrogen-bond donors (Lipinski definition) is 0. The van der Waals surface area contributed by atoms with Crippen molar-refractivity contribution < 1.29 is 4.52 Å². The molecule has 0 saturated carbocycles.